The molecule has 118 valence electrons. The van der Waals surface area contributed by atoms with Crippen LogP contribution in [0.2, 0.25) is 0 Å². The molecule has 0 radical (unpaired) electrons. The summed E-state index contributed by atoms with van der Waals surface area (Å²) in [5.74, 6) is 1.81. The molecule has 0 aliphatic carbocycles. The molecular weight excluding hydrogens is 248 g/mol. The van der Waals surface area contributed by atoms with Gasteiger partial charge in [0.25, 0.3) is 0 Å². The maximum Gasteiger partial charge on any atom is 0.193 e. The Balaban J connectivity index is 2.48. The van der Waals surface area contributed by atoms with Crippen LogP contribution in [0.4, 0.5) is 0 Å². The summed E-state index contributed by atoms with van der Waals surface area (Å²) in [6.07, 6.45) is 5.13. The van der Waals surface area contributed by atoms with Gasteiger partial charge in [-0.25, -0.2) is 0 Å². The minimum atomic E-state index is 0.733. The highest BCUT2D eigenvalue weighted by Crippen LogP contribution is 2.16. The van der Waals surface area contributed by atoms with Crippen LogP contribution in [-0.4, -0.2) is 62.1 Å². The fourth-order valence-electron chi connectivity index (χ4n) is 2.77. The van der Waals surface area contributed by atoms with Gasteiger partial charge in [-0.1, -0.05) is 20.3 Å². The molecule has 0 aromatic rings. The second kappa shape index (κ2) is 10.0. The zero-order valence-corrected chi connectivity index (χ0v) is 14.0. The van der Waals surface area contributed by atoms with E-state index in [0.29, 0.717) is 0 Å². The minimum absolute atomic E-state index is 0.733. The number of hydrogen-bond acceptors (Lipinski definition) is 2. The van der Waals surface area contributed by atoms with Crippen LogP contribution in [0.1, 0.15) is 46.5 Å². The molecule has 0 spiro atoms. The van der Waals surface area contributed by atoms with E-state index in [1.54, 1.807) is 0 Å². The lowest BCUT2D eigenvalue weighted by atomic mass is 9.98. The first-order valence-corrected chi connectivity index (χ1v) is 8.43. The molecule has 1 aliphatic rings. The predicted octanol–water partition coefficient (Wildman–Crippen LogP) is 2.42. The number of nitrogens with one attached hydrogen (secondary N) is 1. The van der Waals surface area contributed by atoms with Gasteiger partial charge in [0.15, 0.2) is 5.96 Å². The van der Waals surface area contributed by atoms with E-state index < -0.39 is 0 Å². The Kier molecular flexibility index (Phi) is 8.67. The number of guanidine groups is 1. The van der Waals surface area contributed by atoms with Gasteiger partial charge in [-0.3, -0.25) is 4.99 Å². The molecule has 4 heteroatoms. The van der Waals surface area contributed by atoms with E-state index in [1.165, 1.54) is 45.3 Å². The van der Waals surface area contributed by atoms with Gasteiger partial charge in [-0.15, -0.1) is 0 Å². The molecule has 1 heterocycles. The quantitative estimate of drug-likeness (QED) is 0.575. The van der Waals surface area contributed by atoms with Crippen molar-refractivity contribution in [2.24, 2.45) is 10.9 Å². The third kappa shape index (κ3) is 6.12. The van der Waals surface area contributed by atoms with Crippen LogP contribution in [0.25, 0.3) is 0 Å². The molecule has 1 N–H and O–H groups in total. The highest BCUT2D eigenvalue weighted by Gasteiger charge is 2.18. The second-order valence-electron chi connectivity index (χ2n) is 5.87. The fourth-order valence-corrected chi connectivity index (χ4v) is 2.77. The lowest BCUT2D eigenvalue weighted by molar-refractivity contribution is 0.186. The highest BCUT2D eigenvalue weighted by atomic mass is 15.3. The van der Waals surface area contributed by atoms with Gasteiger partial charge in [-0.2, -0.15) is 0 Å². The zero-order valence-electron chi connectivity index (χ0n) is 14.0. The highest BCUT2D eigenvalue weighted by molar-refractivity contribution is 5.79. The number of hydrogen-bond donors (Lipinski definition) is 1. The number of rotatable bonds is 7. The zero-order chi connectivity index (χ0) is 14.8. The molecule has 0 amide bonds. The topological polar surface area (TPSA) is 30.9 Å². The third-order valence-corrected chi connectivity index (χ3v) is 4.09. The molecule has 20 heavy (non-hydrogen) atoms. The van der Waals surface area contributed by atoms with Crippen molar-refractivity contribution < 1.29 is 0 Å². The Morgan fingerprint density at radius 2 is 2.15 bits per heavy atom. The van der Waals surface area contributed by atoms with Crippen LogP contribution in [0.3, 0.4) is 0 Å². The van der Waals surface area contributed by atoms with E-state index in [2.05, 4.69) is 42.9 Å². The molecule has 1 fully saturated rings. The summed E-state index contributed by atoms with van der Waals surface area (Å²) >= 11 is 0. The summed E-state index contributed by atoms with van der Waals surface area (Å²) in [6, 6.07) is 0. The third-order valence-electron chi connectivity index (χ3n) is 4.09. The molecule has 4 nitrogen and oxygen atoms in total. The fraction of sp³-hybridized carbons (Fsp3) is 0.938. The number of aliphatic imine (C=N–C) groups is 1. The Bertz CT molecular complexity index is 278. The van der Waals surface area contributed by atoms with Crippen molar-refractivity contribution in [1.82, 2.24) is 15.1 Å². The van der Waals surface area contributed by atoms with E-state index in [1.807, 2.05) is 0 Å². The van der Waals surface area contributed by atoms with Gasteiger partial charge >= 0.3 is 0 Å². The van der Waals surface area contributed by atoms with Gasteiger partial charge in [0.1, 0.15) is 0 Å². The number of likely N-dealkylation sites (tertiary alicyclic amines) is 1. The maximum atomic E-state index is 4.86. The van der Waals surface area contributed by atoms with Gasteiger partial charge in [0.2, 0.25) is 0 Å². The average molecular weight is 282 g/mol. The van der Waals surface area contributed by atoms with E-state index in [4.69, 9.17) is 4.99 Å². The molecule has 1 rings (SSSR count). The molecule has 0 aromatic carbocycles. The van der Waals surface area contributed by atoms with Gasteiger partial charge in [-0.05, 0) is 45.2 Å². The molecule has 1 unspecified atom stereocenters. The van der Waals surface area contributed by atoms with Crippen LogP contribution in [0.5, 0.6) is 0 Å². The molecule has 1 aliphatic heterocycles. The van der Waals surface area contributed by atoms with Gasteiger partial charge < -0.3 is 15.1 Å². The summed E-state index contributed by atoms with van der Waals surface area (Å²) < 4.78 is 0. The van der Waals surface area contributed by atoms with E-state index in [9.17, 15) is 0 Å². The van der Waals surface area contributed by atoms with Crippen molar-refractivity contribution in [2.45, 2.75) is 46.5 Å². The SMILES string of the molecule is CCCCN(C)C(=NCC1CCCN(CC)C1)NCC. The second-order valence-corrected chi connectivity index (χ2v) is 5.87. The van der Waals surface area contributed by atoms with Crippen LogP contribution in [0.15, 0.2) is 4.99 Å². The van der Waals surface area contributed by atoms with Crippen molar-refractivity contribution in [3.8, 4) is 0 Å². The van der Waals surface area contributed by atoms with E-state index in [0.717, 1.165) is 31.5 Å². The van der Waals surface area contributed by atoms with E-state index in [-0.39, 0.29) is 0 Å². The largest absolute Gasteiger partial charge is 0.357 e. The lowest BCUT2D eigenvalue weighted by Crippen LogP contribution is -2.41. The first-order chi connectivity index (χ1) is 9.71. The molecule has 1 saturated heterocycles. The Labute approximate surface area is 125 Å². The lowest BCUT2D eigenvalue weighted by Gasteiger charge is -2.31. The van der Waals surface area contributed by atoms with Gasteiger partial charge in [0.05, 0.1) is 0 Å². The number of unbranched alkanes of at least 4 members (excludes halogenated alkanes) is 1. The van der Waals surface area contributed by atoms with Crippen molar-refractivity contribution in [3.05, 3.63) is 0 Å². The van der Waals surface area contributed by atoms with Crippen LogP contribution >= 0.6 is 0 Å². The monoisotopic (exact) mass is 282 g/mol. The standard InChI is InChI=1S/C16H34N4/c1-5-8-11-19(4)16(17-6-2)18-13-15-10-9-12-20(7-3)14-15/h15H,5-14H2,1-4H3,(H,17,18). The summed E-state index contributed by atoms with van der Waals surface area (Å²) in [7, 11) is 2.15. The Hall–Kier alpha value is -0.770. The van der Waals surface area contributed by atoms with Crippen molar-refractivity contribution in [3.63, 3.8) is 0 Å². The minimum Gasteiger partial charge on any atom is -0.357 e. The average Bonchev–Trinajstić information content (AvgIpc) is 2.49. The first-order valence-electron chi connectivity index (χ1n) is 8.43. The van der Waals surface area contributed by atoms with Gasteiger partial charge in [0, 0.05) is 33.2 Å². The van der Waals surface area contributed by atoms with Crippen molar-refractivity contribution in [1.29, 1.82) is 0 Å². The maximum absolute atomic E-state index is 4.86. The molecular formula is C16H34N4. The van der Waals surface area contributed by atoms with Crippen LogP contribution < -0.4 is 5.32 Å². The Morgan fingerprint density at radius 3 is 2.80 bits per heavy atom. The normalized spacial score (nSPS) is 21.0. The smallest absolute Gasteiger partial charge is 0.193 e. The number of piperidine rings is 1. The molecule has 0 saturated carbocycles. The molecule has 1 atom stereocenters. The van der Waals surface area contributed by atoms with Crippen molar-refractivity contribution >= 4 is 5.96 Å². The van der Waals surface area contributed by atoms with Crippen LogP contribution in [0, 0.1) is 5.92 Å². The predicted molar refractivity (Wildman–Crippen MR) is 88.4 cm³/mol. The van der Waals surface area contributed by atoms with Crippen LogP contribution in [-0.2, 0) is 0 Å². The van der Waals surface area contributed by atoms with E-state index >= 15 is 0 Å². The summed E-state index contributed by atoms with van der Waals surface area (Å²) in [5.41, 5.74) is 0. The summed E-state index contributed by atoms with van der Waals surface area (Å²) in [5, 5.41) is 3.42. The molecule has 0 bridgehead atoms. The number of nitrogens with zero attached hydrogens (tertiary/aromatic N) is 3. The first kappa shape index (κ1) is 17.3. The summed E-state index contributed by atoms with van der Waals surface area (Å²) in [6.45, 7) is 13.3. The van der Waals surface area contributed by atoms with Crippen molar-refractivity contribution in [2.75, 3.05) is 46.3 Å². The Morgan fingerprint density at radius 1 is 1.35 bits per heavy atom. The molecule has 0 aromatic heterocycles. The summed E-state index contributed by atoms with van der Waals surface area (Å²) in [4.78, 5) is 9.69.